The Balaban J connectivity index is 4.49. The van der Waals surface area contributed by atoms with E-state index in [1.165, 1.54) is 63.4 Å². The molecule has 0 aliphatic heterocycles. The Morgan fingerprint density at radius 2 is 1.36 bits per heavy atom. The maximum absolute atomic E-state index is 4.48. The van der Waals surface area contributed by atoms with Crippen LogP contribution in [0.5, 0.6) is 0 Å². The lowest BCUT2D eigenvalue weighted by atomic mass is 9.62. The van der Waals surface area contributed by atoms with Crippen LogP contribution in [0.1, 0.15) is 127 Å². The normalized spacial score (nSPS) is 18.7. The number of unbranched alkanes of at least 4 members (excludes halogenated alkanes) is 4. The van der Waals surface area contributed by atoms with E-state index in [1.54, 1.807) is 0 Å². The van der Waals surface area contributed by atoms with E-state index in [4.69, 9.17) is 0 Å². The Morgan fingerprint density at radius 3 is 1.86 bits per heavy atom. The minimum absolute atomic E-state index is 0.449. The van der Waals surface area contributed by atoms with Crippen LogP contribution in [0.4, 0.5) is 0 Å². The third kappa shape index (κ3) is 9.49. The molecule has 0 aromatic heterocycles. The molecule has 0 bridgehead atoms. The number of rotatable bonds is 16. The van der Waals surface area contributed by atoms with Crippen LogP contribution in [0.3, 0.4) is 0 Å². The second kappa shape index (κ2) is 13.9. The van der Waals surface area contributed by atoms with Crippen LogP contribution in [0.15, 0.2) is 12.2 Å². The minimum atomic E-state index is 0.449. The van der Waals surface area contributed by atoms with Crippen molar-refractivity contribution in [3.05, 3.63) is 12.2 Å². The molecule has 5 unspecified atom stereocenters. The summed E-state index contributed by atoms with van der Waals surface area (Å²) in [7, 11) is 0. The molecule has 0 spiro atoms. The van der Waals surface area contributed by atoms with Gasteiger partial charge in [-0.2, -0.15) is 0 Å². The quantitative estimate of drug-likeness (QED) is 0.181. The van der Waals surface area contributed by atoms with Gasteiger partial charge < -0.3 is 0 Å². The average molecular weight is 393 g/mol. The molecule has 0 aromatic carbocycles. The Morgan fingerprint density at radius 1 is 0.786 bits per heavy atom. The van der Waals surface area contributed by atoms with Gasteiger partial charge in [-0.1, -0.05) is 113 Å². The van der Waals surface area contributed by atoms with Crippen LogP contribution >= 0.6 is 0 Å². The molecule has 0 aliphatic rings. The fraction of sp³-hybridized carbons (Fsp3) is 0.929. The highest BCUT2D eigenvalue weighted by Crippen LogP contribution is 2.44. The lowest BCUT2D eigenvalue weighted by Crippen LogP contribution is -2.35. The highest BCUT2D eigenvalue weighted by atomic mass is 14.4. The predicted octanol–water partition coefficient (Wildman–Crippen LogP) is 9.94. The van der Waals surface area contributed by atoms with Crippen molar-refractivity contribution < 1.29 is 0 Å². The fourth-order valence-electron chi connectivity index (χ4n) is 4.70. The standard InChI is InChI=1S/C28H56/c1-12-13-14-15-16-17-23(6)25(8)20-26(9)24(7)18-19-28(11,22(4)5)27(10)21(2)3/h21-24,26-27H,8,12-20H2,1-7,9-11H3. The maximum Gasteiger partial charge on any atom is -0.0234 e. The van der Waals surface area contributed by atoms with Gasteiger partial charge in [-0.15, -0.1) is 0 Å². The number of hydrogen-bond acceptors (Lipinski definition) is 0. The lowest BCUT2D eigenvalue weighted by Gasteiger charge is -2.43. The molecule has 0 heteroatoms. The first-order valence-electron chi connectivity index (χ1n) is 12.6. The van der Waals surface area contributed by atoms with Crippen LogP contribution in [-0.2, 0) is 0 Å². The molecule has 0 amide bonds. The van der Waals surface area contributed by atoms with Gasteiger partial charge in [0.25, 0.3) is 0 Å². The molecular weight excluding hydrogens is 336 g/mol. The first-order valence-corrected chi connectivity index (χ1v) is 12.6. The van der Waals surface area contributed by atoms with E-state index in [-0.39, 0.29) is 0 Å². The van der Waals surface area contributed by atoms with Crippen LogP contribution in [-0.4, -0.2) is 0 Å². The summed E-state index contributed by atoms with van der Waals surface area (Å²) in [6.45, 7) is 28.8. The molecule has 0 heterocycles. The first kappa shape index (κ1) is 27.7. The van der Waals surface area contributed by atoms with Crippen LogP contribution < -0.4 is 0 Å². The van der Waals surface area contributed by atoms with Crippen molar-refractivity contribution in [3.8, 4) is 0 Å². The third-order valence-electron chi connectivity index (χ3n) is 8.49. The molecule has 0 rings (SSSR count). The molecule has 0 aromatic rings. The topological polar surface area (TPSA) is 0 Å². The summed E-state index contributed by atoms with van der Waals surface area (Å²) in [4.78, 5) is 0. The molecule has 0 fully saturated rings. The van der Waals surface area contributed by atoms with Gasteiger partial charge in [0, 0.05) is 0 Å². The molecule has 0 N–H and O–H groups in total. The second-order valence-corrected chi connectivity index (χ2v) is 11.2. The largest absolute Gasteiger partial charge is 0.0996 e. The summed E-state index contributed by atoms with van der Waals surface area (Å²) in [6.07, 6.45) is 12.2. The zero-order valence-corrected chi connectivity index (χ0v) is 21.5. The van der Waals surface area contributed by atoms with E-state index < -0.39 is 0 Å². The van der Waals surface area contributed by atoms with Gasteiger partial charge in [0.05, 0.1) is 0 Å². The van der Waals surface area contributed by atoms with E-state index in [1.807, 2.05) is 0 Å². The zero-order valence-electron chi connectivity index (χ0n) is 21.5. The smallest absolute Gasteiger partial charge is 0.0234 e. The molecule has 5 atom stereocenters. The summed E-state index contributed by atoms with van der Waals surface area (Å²) >= 11 is 0. The Bertz CT molecular complexity index is 404. The van der Waals surface area contributed by atoms with Gasteiger partial charge in [-0.3, -0.25) is 0 Å². The van der Waals surface area contributed by atoms with E-state index in [0.29, 0.717) is 11.3 Å². The first-order chi connectivity index (χ1) is 13.0. The average Bonchev–Trinajstić information content (AvgIpc) is 2.64. The van der Waals surface area contributed by atoms with Gasteiger partial charge >= 0.3 is 0 Å². The second-order valence-electron chi connectivity index (χ2n) is 11.2. The molecule has 28 heavy (non-hydrogen) atoms. The highest BCUT2D eigenvalue weighted by molar-refractivity contribution is 5.00. The van der Waals surface area contributed by atoms with E-state index in [0.717, 1.165) is 29.6 Å². The van der Waals surface area contributed by atoms with Crippen LogP contribution in [0.2, 0.25) is 0 Å². The van der Waals surface area contributed by atoms with Gasteiger partial charge in [0.15, 0.2) is 0 Å². The molecule has 168 valence electrons. The molecule has 0 aliphatic carbocycles. The number of allylic oxidation sites excluding steroid dienone is 1. The summed E-state index contributed by atoms with van der Waals surface area (Å²) in [5.74, 6) is 4.51. The number of hydrogen-bond donors (Lipinski definition) is 0. The highest BCUT2D eigenvalue weighted by Gasteiger charge is 2.36. The lowest BCUT2D eigenvalue weighted by molar-refractivity contribution is 0.0676. The van der Waals surface area contributed by atoms with Crippen LogP contribution in [0.25, 0.3) is 0 Å². The van der Waals surface area contributed by atoms with E-state index in [2.05, 4.69) is 75.8 Å². The maximum atomic E-state index is 4.48. The van der Waals surface area contributed by atoms with Crippen molar-refractivity contribution in [2.45, 2.75) is 127 Å². The van der Waals surface area contributed by atoms with Gasteiger partial charge in [-0.05, 0) is 66.6 Å². The summed E-state index contributed by atoms with van der Waals surface area (Å²) in [6, 6.07) is 0. The summed E-state index contributed by atoms with van der Waals surface area (Å²) < 4.78 is 0. The van der Waals surface area contributed by atoms with Crippen molar-refractivity contribution in [1.29, 1.82) is 0 Å². The van der Waals surface area contributed by atoms with E-state index >= 15 is 0 Å². The van der Waals surface area contributed by atoms with E-state index in [9.17, 15) is 0 Å². The van der Waals surface area contributed by atoms with Gasteiger partial charge in [0.2, 0.25) is 0 Å². The Labute approximate surface area is 180 Å². The van der Waals surface area contributed by atoms with Crippen molar-refractivity contribution in [2.24, 2.45) is 40.9 Å². The van der Waals surface area contributed by atoms with Crippen molar-refractivity contribution in [1.82, 2.24) is 0 Å². The summed E-state index contributed by atoms with van der Waals surface area (Å²) in [5, 5.41) is 0. The van der Waals surface area contributed by atoms with Crippen molar-refractivity contribution in [2.75, 3.05) is 0 Å². The molecule has 0 saturated heterocycles. The van der Waals surface area contributed by atoms with Crippen molar-refractivity contribution in [3.63, 3.8) is 0 Å². The minimum Gasteiger partial charge on any atom is -0.0996 e. The molecule has 0 nitrogen and oxygen atoms in total. The van der Waals surface area contributed by atoms with Gasteiger partial charge in [-0.25, -0.2) is 0 Å². The SMILES string of the molecule is C=C(CC(C)C(C)CCC(C)(C(C)C)C(C)C(C)C)C(C)CCCCCCC. The van der Waals surface area contributed by atoms with Crippen LogP contribution in [0, 0.1) is 40.9 Å². The van der Waals surface area contributed by atoms with Crippen molar-refractivity contribution >= 4 is 0 Å². The Kier molecular flexibility index (Phi) is 13.7. The molecule has 0 saturated carbocycles. The summed E-state index contributed by atoms with van der Waals surface area (Å²) in [5.41, 5.74) is 1.95. The monoisotopic (exact) mass is 392 g/mol. The van der Waals surface area contributed by atoms with Gasteiger partial charge in [0.1, 0.15) is 0 Å². The Hall–Kier alpha value is -0.260. The molecular formula is C28H56. The molecule has 0 radical (unpaired) electrons. The zero-order chi connectivity index (χ0) is 21.9. The third-order valence-corrected chi connectivity index (χ3v) is 8.49. The predicted molar refractivity (Wildman–Crippen MR) is 131 cm³/mol. The fourth-order valence-corrected chi connectivity index (χ4v) is 4.70.